The Kier molecular flexibility index (Phi) is 2.96. The molecular formula is C19H11NO4. The maximum absolute atomic E-state index is 12.6. The van der Waals surface area contributed by atoms with Gasteiger partial charge in [-0.2, -0.15) is 0 Å². The lowest BCUT2D eigenvalue weighted by molar-refractivity contribution is 0.0698. The summed E-state index contributed by atoms with van der Waals surface area (Å²) in [6.07, 6.45) is 0. The van der Waals surface area contributed by atoms with Crippen molar-refractivity contribution in [2.75, 3.05) is 4.90 Å². The second-order valence-corrected chi connectivity index (χ2v) is 5.51. The highest BCUT2D eigenvalue weighted by Crippen LogP contribution is 2.33. The van der Waals surface area contributed by atoms with E-state index in [-0.39, 0.29) is 22.4 Å². The van der Waals surface area contributed by atoms with Crippen molar-refractivity contribution in [3.05, 3.63) is 77.4 Å². The number of anilines is 1. The molecule has 0 radical (unpaired) electrons. The highest BCUT2D eigenvalue weighted by molar-refractivity contribution is 6.35. The third-order valence-corrected chi connectivity index (χ3v) is 4.13. The summed E-state index contributed by atoms with van der Waals surface area (Å²) in [5.74, 6) is -2.20. The van der Waals surface area contributed by atoms with Gasteiger partial charge in [0.15, 0.2) is 0 Å². The number of carboxylic acids is 1. The molecule has 5 heteroatoms. The van der Waals surface area contributed by atoms with Crippen LogP contribution in [0, 0.1) is 0 Å². The van der Waals surface area contributed by atoms with Crippen molar-refractivity contribution in [2.45, 2.75) is 0 Å². The Balaban J connectivity index is 1.97. The van der Waals surface area contributed by atoms with Crippen LogP contribution in [-0.4, -0.2) is 22.9 Å². The fourth-order valence-electron chi connectivity index (χ4n) is 2.99. The molecule has 0 saturated heterocycles. The molecule has 0 atom stereocenters. The van der Waals surface area contributed by atoms with E-state index >= 15 is 0 Å². The Morgan fingerprint density at radius 2 is 1.29 bits per heavy atom. The average Bonchev–Trinajstić information content (AvgIpc) is 2.85. The summed E-state index contributed by atoms with van der Waals surface area (Å²) in [7, 11) is 0. The number of amides is 2. The Morgan fingerprint density at radius 3 is 1.83 bits per heavy atom. The molecule has 0 spiro atoms. The quantitative estimate of drug-likeness (QED) is 0.736. The van der Waals surface area contributed by atoms with E-state index in [9.17, 15) is 19.5 Å². The van der Waals surface area contributed by atoms with Gasteiger partial charge in [-0.1, -0.05) is 36.4 Å². The molecule has 5 nitrogen and oxygen atoms in total. The number of rotatable bonds is 2. The van der Waals surface area contributed by atoms with Gasteiger partial charge in [0, 0.05) is 0 Å². The second-order valence-electron chi connectivity index (χ2n) is 5.51. The monoisotopic (exact) mass is 317 g/mol. The van der Waals surface area contributed by atoms with Crippen molar-refractivity contribution in [3.8, 4) is 0 Å². The minimum atomic E-state index is -1.19. The molecular weight excluding hydrogens is 306 g/mol. The van der Waals surface area contributed by atoms with Gasteiger partial charge in [0.05, 0.1) is 22.4 Å². The van der Waals surface area contributed by atoms with Crippen molar-refractivity contribution in [2.24, 2.45) is 0 Å². The lowest BCUT2D eigenvalue weighted by Crippen LogP contribution is -2.31. The maximum atomic E-state index is 12.6. The van der Waals surface area contributed by atoms with Crippen molar-refractivity contribution in [1.82, 2.24) is 0 Å². The molecule has 3 aromatic carbocycles. The summed E-state index contributed by atoms with van der Waals surface area (Å²) in [5.41, 5.74) is 0.578. The lowest BCUT2D eigenvalue weighted by atomic mass is 10.0. The molecule has 4 rings (SSSR count). The van der Waals surface area contributed by atoms with Crippen LogP contribution in [-0.2, 0) is 0 Å². The zero-order valence-electron chi connectivity index (χ0n) is 12.4. The fourth-order valence-corrected chi connectivity index (χ4v) is 2.99. The number of carboxylic acid groups (broad SMARTS) is 1. The first-order chi connectivity index (χ1) is 11.6. The number of carbonyl (C=O) groups excluding carboxylic acids is 2. The zero-order valence-corrected chi connectivity index (χ0v) is 12.4. The standard InChI is InChI=1S/C19H11NO4/c21-17-13-7-3-4-8-14(13)18(22)20(17)16-10-12-6-2-1-5-11(12)9-15(16)19(23)24/h1-10H,(H,23,24). The zero-order chi connectivity index (χ0) is 16.8. The highest BCUT2D eigenvalue weighted by Gasteiger charge is 2.38. The van der Waals surface area contributed by atoms with Gasteiger partial charge in [0.25, 0.3) is 11.8 Å². The van der Waals surface area contributed by atoms with Gasteiger partial charge in [-0.15, -0.1) is 0 Å². The smallest absolute Gasteiger partial charge is 0.337 e. The summed E-state index contributed by atoms with van der Waals surface area (Å²) in [4.78, 5) is 37.9. The molecule has 3 aromatic rings. The van der Waals surface area contributed by atoms with Crippen LogP contribution in [0.5, 0.6) is 0 Å². The highest BCUT2D eigenvalue weighted by atomic mass is 16.4. The SMILES string of the molecule is O=C(O)c1cc2ccccc2cc1N1C(=O)c2ccccc2C1=O. The van der Waals surface area contributed by atoms with E-state index in [2.05, 4.69) is 0 Å². The molecule has 116 valence electrons. The molecule has 0 fully saturated rings. The summed E-state index contributed by atoms with van der Waals surface area (Å²) in [5, 5.41) is 11.0. The molecule has 2 amide bonds. The molecule has 24 heavy (non-hydrogen) atoms. The Morgan fingerprint density at radius 1 is 0.792 bits per heavy atom. The van der Waals surface area contributed by atoms with E-state index < -0.39 is 17.8 Å². The van der Waals surface area contributed by atoms with E-state index in [0.717, 1.165) is 15.7 Å². The van der Waals surface area contributed by atoms with Crippen LogP contribution >= 0.6 is 0 Å². The predicted octanol–water partition coefficient (Wildman–Crippen LogP) is 3.34. The van der Waals surface area contributed by atoms with Crippen LogP contribution in [0.15, 0.2) is 60.7 Å². The minimum Gasteiger partial charge on any atom is -0.478 e. The normalized spacial score (nSPS) is 13.4. The molecule has 0 unspecified atom stereocenters. The summed E-state index contributed by atoms with van der Waals surface area (Å²) < 4.78 is 0. The lowest BCUT2D eigenvalue weighted by Gasteiger charge is -2.17. The number of nitrogens with zero attached hydrogens (tertiary/aromatic N) is 1. The van der Waals surface area contributed by atoms with Gasteiger partial charge < -0.3 is 5.11 Å². The first-order valence-electron chi connectivity index (χ1n) is 7.32. The van der Waals surface area contributed by atoms with Crippen molar-refractivity contribution in [3.63, 3.8) is 0 Å². The van der Waals surface area contributed by atoms with E-state index in [4.69, 9.17) is 0 Å². The van der Waals surface area contributed by atoms with Gasteiger partial charge in [-0.05, 0) is 35.0 Å². The minimum absolute atomic E-state index is 0.0804. The Labute approximate surface area is 136 Å². The summed E-state index contributed by atoms with van der Waals surface area (Å²) in [6.45, 7) is 0. The van der Waals surface area contributed by atoms with Gasteiger partial charge in [-0.25, -0.2) is 9.69 Å². The summed E-state index contributed by atoms with van der Waals surface area (Å²) >= 11 is 0. The molecule has 1 heterocycles. The van der Waals surface area contributed by atoms with Crippen LogP contribution < -0.4 is 4.90 Å². The average molecular weight is 317 g/mol. The van der Waals surface area contributed by atoms with E-state index in [1.54, 1.807) is 42.5 Å². The number of benzene rings is 3. The Hall–Kier alpha value is -3.47. The molecule has 0 saturated carbocycles. The van der Waals surface area contributed by atoms with Crippen molar-refractivity contribution >= 4 is 34.2 Å². The molecule has 1 N–H and O–H groups in total. The molecule has 0 aromatic heterocycles. The third-order valence-electron chi connectivity index (χ3n) is 4.13. The van der Waals surface area contributed by atoms with E-state index in [1.807, 2.05) is 12.1 Å². The number of hydrogen-bond donors (Lipinski definition) is 1. The van der Waals surface area contributed by atoms with Gasteiger partial charge in [0.1, 0.15) is 0 Å². The predicted molar refractivity (Wildman–Crippen MR) is 88.5 cm³/mol. The van der Waals surface area contributed by atoms with Crippen LogP contribution in [0.2, 0.25) is 0 Å². The van der Waals surface area contributed by atoms with Crippen LogP contribution in [0.25, 0.3) is 10.8 Å². The molecule has 1 aliphatic heterocycles. The van der Waals surface area contributed by atoms with Crippen molar-refractivity contribution < 1.29 is 19.5 Å². The number of imide groups is 1. The first kappa shape index (κ1) is 14.1. The van der Waals surface area contributed by atoms with Crippen LogP contribution in [0.3, 0.4) is 0 Å². The van der Waals surface area contributed by atoms with Gasteiger partial charge in [-0.3, -0.25) is 9.59 Å². The molecule has 0 aliphatic carbocycles. The maximum Gasteiger partial charge on any atom is 0.337 e. The van der Waals surface area contributed by atoms with Gasteiger partial charge in [0.2, 0.25) is 0 Å². The van der Waals surface area contributed by atoms with E-state index in [1.165, 1.54) is 6.07 Å². The van der Waals surface area contributed by atoms with E-state index in [0.29, 0.717) is 0 Å². The number of aromatic carboxylic acids is 1. The number of fused-ring (bicyclic) bond motifs is 2. The molecule has 0 bridgehead atoms. The van der Waals surface area contributed by atoms with Crippen LogP contribution in [0.1, 0.15) is 31.1 Å². The van der Waals surface area contributed by atoms with Crippen molar-refractivity contribution in [1.29, 1.82) is 0 Å². The van der Waals surface area contributed by atoms with Crippen LogP contribution in [0.4, 0.5) is 5.69 Å². The third kappa shape index (κ3) is 1.91. The molecule has 1 aliphatic rings. The Bertz CT molecular complexity index is 1000. The topological polar surface area (TPSA) is 74.7 Å². The van der Waals surface area contributed by atoms with Gasteiger partial charge >= 0.3 is 5.97 Å². The number of carbonyl (C=O) groups is 3. The fraction of sp³-hybridized carbons (Fsp3) is 0. The number of hydrogen-bond acceptors (Lipinski definition) is 3. The second kappa shape index (κ2) is 5.03. The first-order valence-corrected chi connectivity index (χ1v) is 7.32. The summed E-state index contributed by atoms with van der Waals surface area (Å²) in [6, 6.07) is 16.7. The largest absolute Gasteiger partial charge is 0.478 e.